The van der Waals surface area contributed by atoms with Crippen molar-refractivity contribution in [1.82, 2.24) is 25.1 Å². The van der Waals surface area contributed by atoms with Gasteiger partial charge in [-0.2, -0.15) is 4.39 Å². The van der Waals surface area contributed by atoms with Crippen molar-refractivity contribution in [2.45, 2.75) is 57.5 Å². The van der Waals surface area contributed by atoms with Crippen molar-refractivity contribution in [3.8, 4) is 27.6 Å². The molecule has 2 aliphatic heterocycles. The molecule has 6 aromatic rings. The van der Waals surface area contributed by atoms with Crippen molar-refractivity contribution < 1.29 is 27.1 Å². The molecular weight excluding hydrogens is 694 g/mol. The lowest BCUT2D eigenvalue weighted by atomic mass is 9.93. The first-order valence-corrected chi connectivity index (χ1v) is 17.9. The maximum atomic E-state index is 14.7. The van der Waals surface area contributed by atoms with E-state index in [-0.39, 0.29) is 35.4 Å². The van der Waals surface area contributed by atoms with Crippen LogP contribution in [0.25, 0.3) is 32.0 Å². The van der Waals surface area contributed by atoms with Crippen molar-refractivity contribution >= 4 is 33.1 Å². The predicted molar refractivity (Wildman–Crippen MR) is 188 cm³/mol. The Morgan fingerprint density at radius 2 is 1.87 bits per heavy atom. The Balaban J connectivity index is 1.21. The summed E-state index contributed by atoms with van der Waals surface area (Å²) in [6.45, 7) is 2.49. The molecule has 4 aromatic heterocycles. The molecule has 0 unspecified atom stereocenters. The van der Waals surface area contributed by atoms with E-state index in [1.165, 1.54) is 36.6 Å². The van der Waals surface area contributed by atoms with Crippen LogP contribution in [0.5, 0.6) is 5.75 Å². The number of fused-ring (bicyclic) bond motifs is 5. The number of methoxy groups -OCH3 is 1. The van der Waals surface area contributed by atoms with Crippen LogP contribution in [0.2, 0.25) is 0 Å². The second-order valence-electron chi connectivity index (χ2n) is 13.4. The highest BCUT2D eigenvalue weighted by molar-refractivity contribution is 7.23. The van der Waals surface area contributed by atoms with Crippen molar-refractivity contribution in [3.63, 3.8) is 0 Å². The van der Waals surface area contributed by atoms with Gasteiger partial charge in [-0.05, 0) is 92.3 Å². The number of benzene rings is 2. The van der Waals surface area contributed by atoms with Crippen LogP contribution >= 0.6 is 11.3 Å². The molecule has 2 atom stereocenters. The fraction of sp³-hybridized carbons (Fsp3) is 0.289. The van der Waals surface area contributed by atoms with E-state index in [1.54, 1.807) is 12.1 Å². The Labute approximate surface area is 298 Å². The van der Waals surface area contributed by atoms with Gasteiger partial charge in [-0.25, -0.2) is 23.7 Å². The first kappa shape index (κ1) is 32.4. The highest BCUT2D eigenvalue weighted by Crippen LogP contribution is 2.51. The highest BCUT2D eigenvalue weighted by atomic mass is 32.1. The summed E-state index contributed by atoms with van der Waals surface area (Å²) >= 11 is 1.42. The first-order valence-electron chi connectivity index (χ1n) is 17.1. The average molecular weight is 725 g/mol. The molecule has 1 saturated heterocycles. The summed E-state index contributed by atoms with van der Waals surface area (Å²) in [5.74, 6) is -2.69. The normalized spacial score (nSPS) is 17.6. The number of halogens is 3. The molecule has 264 valence electrons. The molecule has 1 aliphatic carbocycles. The number of carbonyl (C=O) groups excluding carboxylic acids is 1. The van der Waals surface area contributed by atoms with Crippen LogP contribution in [0.15, 0.2) is 51.7 Å². The van der Waals surface area contributed by atoms with Gasteiger partial charge < -0.3 is 19.4 Å². The number of aromatic amines is 1. The number of nitrogens with zero attached hydrogens (tertiary/aromatic N) is 4. The molecule has 1 amide bonds. The molecule has 2 aromatic carbocycles. The summed E-state index contributed by atoms with van der Waals surface area (Å²) in [6.07, 6.45) is 3.63. The zero-order chi connectivity index (χ0) is 35.8. The number of H-pyrrole nitrogens is 1. The van der Waals surface area contributed by atoms with Gasteiger partial charge in [0.05, 0.1) is 46.4 Å². The van der Waals surface area contributed by atoms with Gasteiger partial charge in [0.15, 0.2) is 11.6 Å². The average Bonchev–Trinajstić information content (AvgIpc) is 3.97. The Hall–Kier alpha value is -5.50. The minimum Gasteiger partial charge on any atom is -0.493 e. The third-order valence-electron chi connectivity index (χ3n) is 10.3. The first-order chi connectivity index (χ1) is 25.2. The molecule has 9 rings (SSSR count). The van der Waals surface area contributed by atoms with E-state index >= 15 is 0 Å². The molecule has 14 heteroatoms. The van der Waals surface area contributed by atoms with Gasteiger partial charge >= 0.3 is 5.76 Å². The molecule has 52 heavy (non-hydrogen) atoms. The zero-order valence-electron chi connectivity index (χ0n) is 28.1. The van der Waals surface area contributed by atoms with Crippen LogP contribution in [-0.2, 0) is 19.3 Å². The Morgan fingerprint density at radius 1 is 1.04 bits per heavy atom. The minimum absolute atomic E-state index is 0.0140. The van der Waals surface area contributed by atoms with Gasteiger partial charge in [0.2, 0.25) is 5.82 Å². The van der Waals surface area contributed by atoms with Crippen molar-refractivity contribution in [3.05, 3.63) is 110 Å². The second-order valence-corrected chi connectivity index (χ2v) is 14.5. The number of anilines is 1. The fourth-order valence-corrected chi connectivity index (χ4v) is 9.21. The third kappa shape index (κ3) is 5.18. The summed E-state index contributed by atoms with van der Waals surface area (Å²) in [7, 11) is 1.33. The maximum absolute atomic E-state index is 14.7. The molecular formula is C38H31F3N6O4S. The van der Waals surface area contributed by atoms with E-state index in [9.17, 15) is 22.8 Å². The summed E-state index contributed by atoms with van der Waals surface area (Å²) < 4.78 is 54.6. The quantitative estimate of drug-likeness (QED) is 0.164. The second kappa shape index (κ2) is 12.3. The van der Waals surface area contributed by atoms with Crippen molar-refractivity contribution in [2.75, 3.05) is 19.0 Å². The Morgan fingerprint density at radius 3 is 2.63 bits per heavy atom. The number of aryl methyl sites for hydroxylation is 3. The lowest BCUT2D eigenvalue weighted by Gasteiger charge is -2.17. The molecule has 0 saturated carbocycles. The largest absolute Gasteiger partial charge is 0.493 e. The summed E-state index contributed by atoms with van der Waals surface area (Å²) in [5.41, 5.74) is 5.62. The van der Waals surface area contributed by atoms with E-state index in [2.05, 4.69) is 15.5 Å². The summed E-state index contributed by atoms with van der Waals surface area (Å²) in [5, 5.41) is 10.9. The number of nitrogens with one attached hydrogen (secondary N) is 2. The number of amides is 1. The van der Waals surface area contributed by atoms with Crippen LogP contribution in [-0.4, -0.2) is 44.6 Å². The topological polar surface area (TPSA) is 126 Å². The third-order valence-corrected chi connectivity index (χ3v) is 11.5. The monoisotopic (exact) mass is 724 g/mol. The van der Waals surface area contributed by atoms with E-state index in [0.717, 1.165) is 39.1 Å². The van der Waals surface area contributed by atoms with Gasteiger partial charge in [-0.15, -0.1) is 16.4 Å². The van der Waals surface area contributed by atoms with Crippen LogP contribution < -0.4 is 15.8 Å². The smallest absolute Gasteiger partial charge is 0.434 e. The Kier molecular flexibility index (Phi) is 7.68. The SMILES string of the molecule is COc1c(F)c(F)cc2c1CC[C@@H]2Nc1nc(C)cc2cc(-c3c4c(nc(CCc5ccc(F)cc5)c3-c3n[nH]c(=O)o3)[C@H]3CCCN3C4=O)sc12. The maximum Gasteiger partial charge on any atom is 0.434 e. The van der Waals surface area contributed by atoms with E-state index in [4.69, 9.17) is 19.1 Å². The Bertz CT molecular complexity index is 2490. The lowest BCUT2D eigenvalue weighted by molar-refractivity contribution is 0.0776. The molecule has 3 aliphatic rings. The molecule has 0 radical (unpaired) electrons. The molecule has 0 spiro atoms. The molecule has 1 fully saturated rings. The van der Waals surface area contributed by atoms with Gasteiger partial charge in [0.1, 0.15) is 11.6 Å². The fourth-order valence-electron chi connectivity index (χ4n) is 8.06. The summed E-state index contributed by atoms with van der Waals surface area (Å²) in [4.78, 5) is 39.1. The number of aromatic nitrogens is 4. The van der Waals surface area contributed by atoms with Gasteiger partial charge in [0, 0.05) is 28.2 Å². The number of thiophene rings is 1. The minimum atomic E-state index is -0.999. The van der Waals surface area contributed by atoms with Crippen LogP contribution in [0.1, 0.15) is 75.5 Å². The van der Waals surface area contributed by atoms with Gasteiger partial charge in [-0.1, -0.05) is 12.1 Å². The molecule has 10 nitrogen and oxygen atoms in total. The zero-order valence-corrected chi connectivity index (χ0v) is 28.9. The molecule has 0 bridgehead atoms. The highest BCUT2D eigenvalue weighted by Gasteiger charge is 2.45. The van der Waals surface area contributed by atoms with Crippen molar-refractivity contribution in [2.24, 2.45) is 0 Å². The number of carbonyl (C=O) groups is 1. The van der Waals surface area contributed by atoms with Gasteiger partial charge in [0.25, 0.3) is 11.8 Å². The number of ether oxygens (including phenoxy) is 1. The lowest BCUT2D eigenvalue weighted by Crippen LogP contribution is -2.22. The van der Waals surface area contributed by atoms with E-state index < -0.39 is 17.4 Å². The number of hydrogen-bond acceptors (Lipinski definition) is 9. The summed E-state index contributed by atoms with van der Waals surface area (Å²) in [6, 6.07) is 10.9. The number of hydrogen-bond donors (Lipinski definition) is 2. The van der Waals surface area contributed by atoms with E-state index in [0.29, 0.717) is 77.3 Å². The predicted octanol–water partition coefficient (Wildman–Crippen LogP) is 7.61. The molecule has 6 heterocycles. The van der Waals surface area contributed by atoms with Crippen molar-refractivity contribution in [1.29, 1.82) is 0 Å². The molecule has 2 N–H and O–H groups in total. The van der Waals surface area contributed by atoms with E-state index in [1.807, 2.05) is 24.0 Å². The number of pyridine rings is 2. The van der Waals surface area contributed by atoms with Crippen LogP contribution in [0, 0.1) is 24.4 Å². The van der Waals surface area contributed by atoms with Crippen LogP contribution in [0.3, 0.4) is 0 Å². The van der Waals surface area contributed by atoms with Gasteiger partial charge in [-0.3, -0.25) is 9.78 Å². The standard InChI is InChI=1S/C38H31F3N6O4S/c1-17-14-19-15-27(52-34(19)35(42-17)44-24-12-10-21-22(24)16-23(40)31(41)33(21)50-2)29-28(36-45-46-38(49)51-36)25(11-7-18-5-8-20(39)9-6-18)43-32-26-4-3-13-47(26)37(48)30(29)32/h5-6,8-9,14-16,24,26H,3-4,7,10-13H2,1-2H3,(H,42,44)(H,46,49)/t24-,26+/m0/s1. The number of rotatable bonds is 8. The van der Waals surface area contributed by atoms with Crippen LogP contribution in [0.4, 0.5) is 19.0 Å².